The molecule has 198 valence electrons. The zero-order chi connectivity index (χ0) is 26.7. The molecule has 0 spiro atoms. The molecule has 3 aromatic carbocycles. The van der Waals surface area contributed by atoms with Crippen LogP contribution in [0.25, 0.3) is 17.1 Å². The molecule has 0 radical (unpaired) electrons. The molecule has 1 N–H and O–H groups in total. The molecule has 4 aromatic rings. The van der Waals surface area contributed by atoms with Gasteiger partial charge in [-0.2, -0.15) is 0 Å². The summed E-state index contributed by atoms with van der Waals surface area (Å²) in [4.78, 5) is 17.4. The smallest absolute Gasteiger partial charge is 0.224 e. The Kier molecular flexibility index (Phi) is 9.57. The van der Waals surface area contributed by atoms with Gasteiger partial charge in [0, 0.05) is 19.5 Å². The van der Waals surface area contributed by atoms with E-state index >= 15 is 0 Å². The van der Waals surface area contributed by atoms with Gasteiger partial charge < -0.3 is 19.4 Å². The number of imidazole rings is 1. The molecular weight excluding hydrogens is 474 g/mol. The quantitative estimate of drug-likeness (QED) is 0.219. The maximum Gasteiger partial charge on any atom is 0.224 e. The number of unbranched alkanes of at least 4 members (excludes halogenated alkanes) is 1. The van der Waals surface area contributed by atoms with Gasteiger partial charge in [0.2, 0.25) is 5.91 Å². The highest BCUT2D eigenvalue weighted by atomic mass is 16.5. The first-order chi connectivity index (χ1) is 18.6. The molecule has 1 aromatic heterocycles. The summed E-state index contributed by atoms with van der Waals surface area (Å²) in [5, 5.41) is 3.07. The van der Waals surface area contributed by atoms with Gasteiger partial charge in [-0.15, -0.1) is 0 Å². The maximum atomic E-state index is 12.5. The van der Waals surface area contributed by atoms with Crippen molar-refractivity contribution in [1.82, 2.24) is 14.9 Å². The van der Waals surface area contributed by atoms with Crippen LogP contribution in [0.5, 0.6) is 11.5 Å². The molecule has 6 nitrogen and oxygen atoms in total. The van der Waals surface area contributed by atoms with Gasteiger partial charge in [-0.3, -0.25) is 4.79 Å². The fraction of sp³-hybridized carbons (Fsp3) is 0.312. The topological polar surface area (TPSA) is 65.4 Å². The van der Waals surface area contributed by atoms with Crippen LogP contribution in [0.2, 0.25) is 0 Å². The Hall–Kier alpha value is -4.06. The second kappa shape index (κ2) is 13.5. The third-order valence-corrected chi connectivity index (χ3v) is 6.60. The standard InChI is InChI=1S/C32H37N3O3/c1-4-11-25-16-17-29(30(22-25)37-3)38-21-10-9-20-35-28-15-8-7-14-27(28)34-31(35)18-19-33-32(36)23-26-13-6-5-12-24(26)2/h4-8,11-17,22H,9-10,18-21,23H2,1-3H3,(H,33,36)/b11-4+. The molecule has 6 heteroatoms. The summed E-state index contributed by atoms with van der Waals surface area (Å²) in [6, 6.07) is 22.2. The zero-order valence-electron chi connectivity index (χ0n) is 22.6. The Morgan fingerprint density at radius 2 is 1.84 bits per heavy atom. The first kappa shape index (κ1) is 27.0. The number of carbonyl (C=O) groups is 1. The van der Waals surface area contributed by atoms with Crippen molar-refractivity contribution in [3.63, 3.8) is 0 Å². The molecule has 0 aliphatic heterocycles. The Bertz CT molecular complexity index is 1390. The lowest BCUT2D eigenvalue weighted by molar-refractivity contribution is -0.120. The fourth-order valence-corrected chi connectivity index (χ4v) is 4.58. The highest BCUT2D eigenvalue weighted by molar-refractivity contribution is 5.79. The molecule has 0 fully saturated rings. The second-order valence-electron chi connectivity index (χ2n) is 9.34. The van der Waals surface area contributed by atoms with Crippen LogP contribution in [0.1, 0.15) is 42.3 Å². The van der Waals surface area contributed by atoms with Gasteiger partial charge >= 0.3 is 0 Å². The van der Waals surface area contributed by atoms with Crippen LogP contribution in [0.15, 0.2) is 72.8 Å². The lowest BCUT2D eigenvalue weighted by Gasteiger charge is -2.13. The molecule has 0 bridgehead atoms. The van der Waals surface area contributed by atoms with Crippen molar-refractivity contribution in [1.29, 1.82) is 0 Å². The number of amides is 1. The van der Waals surface area contributed by atoms with Gasteiger partial charge in [0.05, 0.1) is 31.2 Å². The highest BCUT2D eigenvalue weighted by Crippen LogP contribution is 2.29. The van der Waals surface area contributed by atoms with Gasteiger partial charge in [0.1, 0.15) is 5.82 Å². The molecule has 0 atom stereocenters. The van der Waals surface area contributed by atoms with Crippen LogP contribution >= 0.6 is 0 Å². The number of nitrogens with one attached hydrogen (secondary N) is 1. The summed E-state index contributed by atoms with van der Waals surface area (Å²) in [5.41, 5.74) is 5.39. The van der Waals surface area contributed by atoms with Crippen molar-refractivity contribution >= 4 is 23.0 Å². The molecule has 38 heavy (non-hydrogen) atoms. The van der Waals surface area contributed by atoms with Crippen molar-refractivity contribution < 1.29 is 14.3 Å². The molecule has 1 amide bonds. The van der Waals surface area contributed by atoms with Crippen LogP contribution in [-0.4, -0.2) is 35.7 Å². The van der Waals surface area contributed by atoms with Crippen LogP contribution in [0.4, 0.5) is 0 Å². The van der Waals surface area contributed by atoms with E-state index in [9.17, 15) is 4.79 Å². The largest absolute Gasteiger partial charge is 0.493 e. The second-order valence-corrected chi connectivity index (χ2v) is 9.34. The van der Waals surface area contributed by atoms with Crippen LogP contribution < -0.4 is 14.8 Å². The number of hydrogen-bond donors (Lipinski definition) is 1. The lowest BCUT2D eigenvalue weighted by Crippen LogP contribution is -2.28. The molecule has 0 saturated heterocycles. The number of allylic oxidation sites excluding steroid dienone is 1. The highest BCUT2D eigenvalue weighted by Gasteiger charge is 2.12. The van der Waals surface area contributed by atoms with Gasteiger partial charge in [0.15, 0.2) is 11.5 Å². The molecule has 0 unspecified atom stereocenters. The normalized spacial score (nSPS) is 11.2. The average molecular weight is 512 g/mol. The van der Waals surface area contributed by atoms with Crippen LogP contribution in [0.3, 0.4) is 0 Å². The Labute approximate surface area is 225 Å². The Morgan fingerprint density at radius 1 is 1.03 bits per heavy atom. The summed E-state index contributed by atoms with van der Waals surface area (Å²) in [6.45, 7) is 6.03. The van der Waals surface area contributed by atoms with E-state index in [1.54, 1.807) is 7.11 Å². The number of rotatable bonds is 13. The number of hydrogen-bond acceptors (Lipinski definition) is 4. The molecule has 1 heterocycles. The van der Waals surface area contributed by atoms with E-state index in [1.165, 1.54) is 0 Å². The molecule has 4 rings (SSSR count). The van der Waals surface area contributed by atoms with Crippen LogP contribution in [-0.2, 0) is 24.2 Å². The monoisotopic (exact) mass is 511 g/mol. The van der Waals surface area contributed by atoms with E-state index in [-0.39, 0.29) is 5.91 Å². The number of aryl methyl sites for hydroxylation is 2. The van der Waals surface area contributed by atoms with Gasteiger partial charge in [-0.25, -0.2) is 4.98 Å². The van der Waals surface area contributed by atoms with Crippen molar-refractivity contribution in [3.05, 3.63) is 95.3 Å². The first-order valence-electron chi connectivity index (χ1n) is 13.3. The number of para-hydroxylation sites is 2. The number of fused-ring (bicyclic) bond motifs is 1. The number of aromatic nitrogens is 2. The number of ether oxygens (including phenoxy) is 2. The predicted octanol–water partition coefficient (Wildman–Crippen LogP) is 6.15. The molecule has 0 saturated carbocycles. The summed E-state index contributed by atoms with van der Waals surface area (Å²) >= 11 is 0. The molecule has 0 aliphatic carbocycles. The summed E-state index contributed by atoms with van der Waals surface area (Å²) in [5.74, 6) is 2.53. The van der Waals surface area contributed by atoms with Gasteiger partial charge in [-0.1, -0.05) is 54.6 Å². The number of nitrogens with zero attached hydrogens (tertiary/aromatic N) is 2. The summed E-state index contributed by atoms with van der Waals surface area (Å²) in [6.07, 6.45) is 6.97. The number of methoxy groups -OCH3 is 1. The van der Waals surface area contributed by atoms with Crippen molar-refractivity contribution in [2.45, 2.75) is 46.1 Å². The van der Waals surface area contributed by atoms with Crippen molar-refractivity contribution in [2.24, 2.45) is 0 Å². The Morgan fingerprint density at radius 3 is 2.66 bits per heavy atom. The molecular formula is C32H37N3O3. The third kappa shape index (κ3) is 7.03. The lowest BCUT2D eigenvalue weighted by atomic mass is 10.1. The minimum atomic E-state index is 0.0355. The SMILES string of the molecule is C/C=C/c1ccc(OCCCCn2c(CCNC(=O)Cc3ccccc3C)nc3ccccc32)c(OC)c1. The Balaban J connectivity index is 1.31. The van der Waals surface area contributed by atoms with Gasteiger partial charge in [-0.05, 0) is 67.6 Å². The van der Waals surface area contributed by atoms with Crippen molar-refractivity contribution in [3.8, 4) is 11.5 Å². The summed E-state index contributed by atoms with van der Waals surface area (Å²) in [7, 11) is 1.67. The van der Waals surface area contributed by atoms with E-state index in [2.05, 4.69) is 16.0 Å². The maximum absolute atomic E-state index is 12.5. The molecule has 0 aliphatic rings. The van der Waals surface area contributed by atoms with Crippen LogP contribution in [0, 0.1) is 6.92 Å². The van der Waals surface area contributed by atoms with E-state index in [0.29, 0.717) is 26.0 Å². The third-order valence-electron chi connectivity index (χ3n) is 6.60. The average Bonchev–Trinajstić information content (AvgIpc) is 3.27. The van der Waals surface area contributed by atoms with E-state index in [4.69, 9.17) is 14.5 Å². The minimum Gasteiger partial charge on any atom is -0.493 e. The number of carbonyl (C=O) groups excluding carboxylic acids is 1. The van der Waals surface area contributed by atoms with Gasteiger partial charge in [0.25, 0.3) is 0 Å². The summed E-state index contributed by atoms with van der Waals surface area (Å²) < 4.78 is 13.8. The number of benzene rings is 3. The fourth-order valence-electron chi connectivity index (χ4n) is 4.58. The van der Waals surface area contributed by atoms with Crippen molar-refractivity contribution in [2.75, 3.05) is 20.3 Å². The predicted molar refractivity (Wildman–Crippen MR) is 154 cm³/mol. The van der Waals surface area contributed by atoms with E-state index in [0.717, 1.165) is 64.4 Å². The van der Waals surface area contributed by atoms with E-state index < -0.39 is 0 Å². The zero-order valence-corrected chi connectivity index (χ0v) is 22.6. The minimum absolute atomic E-state index is 0.0355. The van der Waals surface area contributed by atoms with E-state index in [1.807, 2.05) is 86.7 Å². The first-order valence-corrected chi connectivity index (χ1v) is 13.3.